The lowest BCUT2D eigenvalue weighted by atomic mass is 9.88. The number of hydrogen-bond donors (Lipinski definition) is 2. The first-order valence-electron chi connectivity index (χ1n) is 6.17. The van der Waals surface area contributed by atoms with E-state index >= 15 is 0 Å². The number of alkyl halides is 3. The zero-order chi connectivity index (χ0) is 14.9. The molecular formula is C13H15BrClF3N2O. The molecule has 0 saturated carbocycles. The van der Waals surface area contributed by atoms with Crippen molar-refractivity contribution in [2.24, 2.45) is 11.8 Å². The van der Waals surface area contributed by atoms with Crippen LogP contribution in [0.15, 0.2) is 22.7 Å². The summed E-state index contributed by atoms with van der Waals surface area (Å²) in [5.41, 5.74) is -0.643. The summed E-state index contributed by atoms with van der Waals surface area (Å²) in [5, 5.41) is 5.61. The highest BCUT2D eigenvalue weighted by atomic mass is 79.9. The van der Waals surface area contributed by atoms with Crippen LogP contribution in [0.2, 0.25) is 0 Å². The average Bonchev–Trinajstić information content (AvgIpc) is 2.24. The van der Waals surface area contributed by atoms with E-state index < -0.39 is 11.7 Å². The molecule has 1 saturated heterocycles. The Hall–Kier alpha value is -0.790. The SMILES string of the molecule is CC(C(=O)Nc1cc(Br)cc(C(F)(F)F)c1)C1CNC1.Cl. The smallest absolute Gasteiger partial charge is 0.326 e. The van der Waals surface area contributed by atoms with Gasteiger partial charge in [-0.2, -0.15) is 13.2 Å². The van der Waals surface area contributed by atoms with Gasteiger partial charge in [-0.3, -0.25) is 4.79 Å². The second-order valence-corrected chi connectivity index (χ2v) is 5.84. The maximum absolute atomic E-state index is 12.7. The highest BCUT2D eigenvalue weighted by Crippen LogP contribution is 2.33. The minimum Gasteiger partial charge on any atom is -0.326 e. The lowest BCUT2D eigenvalue weighted by molar-refractivity contribution is -0.137. The van der Waals surface area contributed by atoms with E-state index in [1.54, 1.807) is 6.92 Å². The van der Waals surface area contributed by atoms with E-state index in [0.717, 1.165) is 25.2 Å². The minimum absolute atomic E-state index is 0. The Balaban J connectivity index is 0.00000220. The molecule has 1 atom stereocenters. The molecule has 1 amide bonds. The molecule has 1 fully saturated rings. The molecule has 8 heteroatoms. The van der Waals surface area contributed by atoms with Gasteiger partial charge >= 0.3 is 6.18 Å². The number of hydrogen-bond acceptors (Lipinski definition) is 2. The van der Waals surface area contributed by atoms with E-state index in [1.807, 2.05) is 0 Å². The van der Waals surface area contributed by atoms with Gasteiger partial charge < -0.3 is 10.6 Å². The summed E-state index contributed by atoms with van der Waals surface area (Å²) in [6.45, 7) is 3.31. The number of amides is 1. The number of nitrogens with one attached hydrogen (secondary N) is 2. The van der Waals surface area contributed by atoms with Gasteiger partial charge in [-0.05, 0) is 37.2 Å². The largest absolute Gasteiger partial charge is 0.416 e. The maximum Gasteiger partial charge on any atom is 0.416 e. The summed E-state index contributed by atoms with van der Waals surface area (Å²) in [7, 11) is 0. The Bertz CT molecular complexity index is 521. The van der Waals surface area contributed by atoms with Crippen LogP contribution in [0.25, 0.3) is 0 Å². The first-order chi connectivity index (χ1) is 9.27. The third kappa shape index (κ3) is 4.59. The minimum atomic E-state index is -4.44. The lowest BCUT2D eigenvalue weighted by Crippen LogP contribution is -2.48. The van der Waals surface area contributed by atoms with Crippen molar-refractivity contribution in [3.8, 4) is 0 Å². The van der Waals surface area contributed by atoms with Gasteiger partial charge in [0.15, 0.2) is 0 Å². The van der Waals surface area contributed by atoms with Gasteiger partial charge in [0.2, 0.25) is 5.91 Å². The van der Waals surface area contributed by atoms with Crippen LogP contribution >= 0.6 is 28.3 Å². The standard InChI is InChI=1S/C13H14BrF3N2O.ClH/c1-7(8-5-18-6-8)12(20)19-11-3-9(13(15,16)17)2-10(14)4-11;/h2-4,7-8,18H,5-6H2,1H3,(H,19,20);1H. The summed E-state index contributed by atoms with van der Waals surface area (Å²) in [4.78, 5) is 12.0. The van der Waals surface area contributed by atoms with Gasteiger partial charge in [0.25, 0.3) is 0 Å². The van der Waals surface area contributed by atoms with E-state index in [9.17, 15) is 18.0 Å². The third-order valence-electron chi connectivity index (χ3n) is 3.43. The fraction of sp³-hybridized carbons (Fsp3) is 0.462. The van der Waals surface area contributed by atoms with E-state index in [-0.39, 0.29) is 40.3 Å². The molecule has 1 aromatic rings. The molecular weight excluding hydrogens is 373 g/mol. The highest BCUT2D eigenvalue weighted by molar-refractivity contribution is 9.10. The Morgan fingerprint density at radius 2 is 2.00 bits per heavy atom. The number of halogens is 5. The molecule has 2 N–H and O–H groups in total. The molecule has 1 aromatic carbocycles. The Labute approximate surface area is 135 Å². The van der Waals surface area contributed by atoms with Crippen LogP contribution in [0, 0.1) is 11.8 Å². The molecule has 0 aromatic heterocycles. The normalized spacial score (nSPS) is 16.6. The van der Waals surface area contributed by atoms with E-state index in [4.69, 9.17) is 0 Å². The van der Waals surface area contributed by atoms with Crippen molar-refractivity contribution in [2.45, 2.75) is 13.1 Å². The topological polar surface area (TPSA) is 41.1 Å². The molecule has 1 unspecified atom stereocenters. The number of benzene rings is 1. The molecule has 1 heterocycles. The molecule has 0 radical (unpaired) electrons. The van der Waals surface area contributed by atoms with Crippen molar-refractivity contribution in [1.29, 1.82) is 0 Å². The van der Waals surface area contributed by atoms with Crippen LogP contribution in [0.5, 0.6) is 0 Å². The molecule has 0 spiro atoms. The van der Waals surface area contributed by atoms with Crippen LogP contribution < -0.4 is 10.6 Å². The average molecular weight is 388 g/mol. The van der Waals surface area contributed by atoms with Crippen molar-refractivity contribution in [2.75, 3.05) is 18.4 Å². The summed E-state index contributed by atoms with van der Waals surface area (Å²) >= 11 is 3.02. The van der Waals surface area contributed by atoms with Crippen LogP contribution in [-0.2, 0) is 11.0 Å². The van der Waals surface area contributed by atoms with Crippen LogP contribution in [0.3, 0.4) is 0 Å². The third-order valence-corrected chi connectivity index (χ3v) is 3.88. The fourth-order valence-electron chi connectivity index (χ4n) is 1.96. The zero-order valence-corrected chi connectivity index (χ0v) is 13.5. The summed E-state index contributed by atoms with van der Waals surface area (Å²) < 4.78 is 38.4. The fourth-order valence-corrected chi connectivity index (χ4v) is 2.45. The molecule has 3 nitrogen and oxygen atoms in total. The van der Waals surface area contributed by atoms with Crippen molar-refractivity contribution >= 4 is 39.9 Å². The molecule has 1 aliphatic heterocycles. The highest BCUT2D eigenvalue weighted by Gasteiger charge is 2.32. The second kappa shape index (κ2) is 6.98. The van der Waals surface area contributed by atoms with Gasteiger partial charge in [0.1, 0.15) is 0 Å². The first kappa shape index (κ1) is 18.3. The van der Waals surface area contributed by atoms with E-state index in [0.29, 0.717) is 0 Å². The van der Waals surface area contributed by atoms with Gasteiger partial charge in [-0.15, -0.1) is 12.4 Å². The summed E-state index contributed by atoms with van der Waals surface area (Å²) in [6, 6.07) is 3.38. The molecule has 0 bridgehead atoms. The predicted molar refractivity (Wildman–Crippen MR) is 80.5 cm³/mol. The second-order valence-electron chi connectivity index (χ2n) is 4.92. The zero-order valence-electron chi connectivity index (χ0n) is 11.1. The number of anilines is 1. The van der Waals surface area contributed by atoms with E-state index in [1.165, 1.54) is 6.07 Å². The van der Waals surface area contributed by atoms with Gasteiger partial charge in [-0.1, -0.05) is 22.9 Å². The van der Waals surface area contributed by atoms with Gasteiger partial charge in [0, 0.05) is 16.1 Å². The first-order valence-corrected chi connectivity index (χ1v) is 6.96. The molecule has 0 aliphatic carbocycles. The molecule has 21 heavy (non-hydrogen) atoms. The molecule has 2 rings (SSSR count). The Morgan fingerprint density at radius 3 is 2.48 bits per heavy atom. The quantitative estimate of drug-likeness (QED) is 0.831. The lowest BCUT2D eigenvalue weighted by Gasteiger charge is -2.31. The molecule has 1 aliphatic rings. The maximum atomic E-state index is 12.7. The Morgan fingerprint density at radius 1 is 1.38 bits per heavy atom. The van der Waals surface area contributed by atoms with Crippen LogP contribution in [-0.4, -0.2) is 19.0 Å². The monoisotopic (exact) mass is 386 g/mol. The van der Waals surface area contributed by atoms with Crippen molar-refractivity contribution in [1.82, 2.24) is 5.32 Å². The van der Waals surface area contributed by atoms with Crippen molar-refractivity contribution < 1.29 is 18.0 Å². The Kier molecular flexibility index (Phi) is 6.07. The summed E-state index contributed by atoms with van der Waals surface area (Å²) in [6.07, 6.45) is -4.44. The van der Waals surface area contributed by atoms with Crippen molar-refractivity contribution in [3.05, 3.63) is 28.2 Å². The van der Waals surface area contributed by atoms with Crippen LogP contribution in [0.1, 0.15) is 12.5 Å². The van der Waals surface area contributed by atoms with Crippen LogP contribution in [0.4, 0.5) is 18.9 Å². The summed E-state index contributed by atoms with van der Waals surface area (Å²) in [5.74, 6) is -0.253. The van der Waals surface area contributed by atoms with Crippen molar-refractivity contribution in [3.63, 3.8) is 0 Å². The van der Waals surface area contributed by atoms with Gasteiger partial charge in [-0.25, -0.2) is 0 Å². The number of rotatable bonds is 3. The van der Waals surface area contributed by atoms with E-state index in [2.05, 4.69) is 26.6 Å². The number of carbonyl (C=O) groups excluding carboxylic acids is 1. The predicted octanol–water partition coefficient (Wildman–Crippen LogP) is 3.68. The molecule has 118 valence electrons. The number of carbonyl (C=O) groups is 1. The van der Waals surface area contributed by atoms with Gasteiger partial charge in [0.05, 0.1) is 5.56 Å².